The van der Waals surface area contributed by atoms with Crippen LogP contribution in [0.25, 0.3) is 10.9 Å². The van der Waals surface area contributed by atoms with Gasteiger partial charge in [0, 0.05) is 17.8 Å². The van der Waals surface area contributed by atoms with Crippen LogP contribution < -0.4 is 10.9 Å². The second-order valence-electron chi connectivity index (χ2n) is 8.09. The highest BCUT2D eigenvalue weighted by Gasteiger charge is 2.45. The van der Waals surface area contributed by atoms with Gasteiger partial charge in [0.25, 0.3) is 5.56 Å². The van der Waals surface area contributed by atoms with E-state index in [0.717, 1.165) is 6.07 Å². The maximum absolute atomic E-state index is 14.9. The Morgan fingerprint density at radius 3 is 2.55 bits per heavy atom. The summed E-state index contributed by atoms with van der Waals surface area (Å²) in [6.45, 7) is 2.38. The van der Waals surface area contributed by atoms with Gasteiger partial charge in [-0.25, -0.2) is 27.2 Å². The molecule has 1 N–H and O–H groups in total. The fourth-order valence-electron chi connectivity index (χ4n) is 3.74. The number of fused-ring (bicyclic) bond motifs is 1. The summed E-state index contributed by atoms with van der Waals surface area (Å²) in [6.07, 6.45) is 2.47. The van der Waals surface area contributed by atoms with Gasteiger partial charge in [-0.3, -0.25) is 4.79 Å². The Balaban J connectivity index is 1.78. The van der Waals surface area contributed by atoms with Crippen molar-refractivity contribution in [3.63, 3.8) is 0 Å². The van der Waals surface area contributed by atoms with E-state index < -0.39 is 50.1 Å². The van der Waals surface area contributed by atoms with E-state index in [4.69, 9.17) is 0 Å². The third kappa shape index (κ3) is 3.96. The molecule has 2 heterocycles. The molecule has 0 amide bonds. The van der Waals surface area contributed by atoms with Crippen LogP contribution in [-0.2, 0) is 15.4 Å². The largest absolute Gasteiger partial charge is 0.363 e. The monoisotopic (exact) mass is 484 g/mol. The molecule has 0 unspecified atom stereocenters. The summed E-state index contributed by atoms with van der Waals surface area (Å²) >= 11 is 0. The molecule has 1 atom stereocenters. The summed E-state index contributed by atoms with van der Waals surface area (Å²) in [4.78, 5) is 20.0. The molecular weight excluding hydrogens is 464 g/mol. The molecule has 3 aromatic rings. The lowest BCUT2D eigenvalue weighted by Crippen LogP contribution is -2.31. The molecule has 1 aliphatic rings. The highest BCUT2D eigenvalue weighted by atomic mass is 32.2. The molecule has 12 heteroatoms. The van der Waals surface area contributed by atoms with Gasteiger partial charge >= 0.3 is 5.76 Å². The van der Waals surface area contributed by atoms with Crippen LogP contribution in [-0.4, -0.2) is 35.4 Å². The third-order valence-corrected chi connectivity index (χ3v) is 7.18. The third-order valence-electron chi connectivity index (χ3n) is 5.78. The number of hydrogen-bond donors (Lipinski definition) is 1. The van der Waals surface area contributed by atoms with E-state index in [0.29, 0.717) is 29.6 Å². The Morgan fingerprint density at radius 1 is 1.24 bits per heavy atom. The lowest BCUT2D eigenvalue weighted by molar-refractivity contribution is 0.234. The van der Waals surface area contributed by atoms with Crippen molar-refractivity contribution in [2.45, 2.75) is 48.9 Å². The van der Waals surface area contributed by atoms with E-state index in [9.17, 15) is 30.8 Å². The maximum Gasteiger partial charge on any atom is 0.341 e. The van der Waals surface area contributed by atoms with Crippen molar-refractivity contribution in [2.24, 2.45) is 0 Å². The molecule has 176 valence electrons. The molecule has 0 radical (unpaired) electrons. The number of nitrogens with zero attached hydrogens (tertiary/aromatic N) is 3. The van der Waals surface area contributed by atoms with Gasteiger partial charge < -0.3 is 9.88 Å². The average Bonchev–Trinajstić information content (AvgIpc) is 3.54. The molecule has 1 aliphatic carbocycles. The van der Waals surface area contributed by atoms with Gasteiger partial charge in [0.15, 0.2) is 0 Å². The van der Waals surface area contributed by atoms with E-state index in [2.05, 4.69) is 15.3 Å². The Bertz CT molecular complexity index is 1400. The second-order valence-corrected chi connectivity index (χ2v) is 9.98. The van der Waals surface area contributed by atoms with Crippen LogP contribution in [0.5, 0.6) is 0 Å². The van der Waals surface area contributed by atoms with E-state index in [1.54, 1.807) is 6.92 Å². The van der Waals surface area contributed by atoms with Crippen LogP contribution >= 0.6 is 0 Å². The van der Waals surface area contributed by atoms with Gasteiger partial charge in [-0.2, -0.15) is 8.78 Å². The Kier molecular flexibility index (Phi) is 5.67. The minimum absolute atomic E-state index is 0.170. The van der Waals surface area contributed by atoms with Gasteiger partial charge in [-0.1, -0.05) is 12.1 Å². The number of pyridine rings is 1. The number of benzene rings is 1. The first kappa shape index (κ1) is 23.1. The van der Waals surface area contributed by atoms with Crippen molar-refractivity contribution < 1.29 is 26.0 Å². The zero-order valence-electron chi connectivity index (χ0n) is 17.6. The molecule has 4 rings (SSSR count). The minimum Gasteiger partial charge on any atom is -0.363 e. The van der Waals surface area contributed by atoms with Crippen molar-refractivity contribution in [3.05, 3.63) is 58.0 Å². The number of halogens is 4. The second kappa shape index (κ2) is 8.08. The molecule has 0 aliphatic heterocycles. The number of sulfone groups is 1. The fourth-order valence-corrected chi connectivity index (χ4v) is 4.57. The summed E-state index contributed by atoms with van der Waals surface area (Å²) < 4.78 is 79.3. The lowest BCUT2D eigenvalue weighted by atomic mass is 10.1. The van der Waals surface area contributed by atoms with Crippen molar-refractivity contribution >= 4 is 26.6 Å². The Morgan fingerprint density at radius 2 is 1.94 bits per heavy atom. The van der Waals surface area contributed by atoms with Crippen LogP contribution in [0.1, 0.15) is 37.2 Å². The standard InChI is InChI=1S/C21H20F4N4O3S/c1-11(13-4-3-5-16(18(13)23)33(31,32)20(24)25)26-19-14-9-29(21(10-22)6-7-21)17(30)8-15(14)27-12(2)28-19/h3-5,8-9,11,20H,6-7,10H2,1-2H3,(H,26,27,28)/t11-/m1/s1. The molecule has 1 aromatic carbocycles. The fraction of sp³-hybridized carbons (Fsp3) is 0.381. The van der Waals surface area contributed by atoms with Crippen molar-refractivity contribution in [3.8, 4) is 0 Å². The molecule has 2 aromatic heterocycles. The van der Waals surface area contributed by atoms with Gasteiger partial charge in [0.1, 0.15) is 29.0 Å². The van der Waals surface area contributed by atoms with Crippen LogP contribution in [0.4, 0.5) is 23.4 Å². The van der Waals surface area contributed by atoms with Crippen molar-refractivity contribution in [1.29, 1.82) is 0 Å². The average molecular weight is 484 g/mol. The zero-order chi connectivity index (χ0) is 24.1. The van der Waals surface area contributed by atoms with E-state index in [-0.39, 0.29) is 11.4 Å². The number of alkyl halides is 3. The molecular formula is C21H20F4N4O3S. The predicted molar refractivity (Wildman–Crippen MR) is 113 cm³/mol. The normalized spacial score (nSPS) is 16.2. The number of hydrogen-bond acceptors (Lipinski definition) is 6. The molecule has 0 bridgehead atoms. The Labute approximate surface area is 186 Å². The quantitative estimate of drug-likeness (QED) is 0.512. The molecule has 1 saturated carbocycles. The van der Waals surface area contributed by atoms with Gasteiger partial charge in [0.05, 0.1) is 22.5 Å². The molecule has 1 fully saturated rings. The smallest absolute Gasteiger partial charge is 0.341 e. The number of rotatable bonds is 7. The summed E-state index contributed by atoms with van der Waals surface area (Å²) in [5, 5.41) is 3.32. The van der Waals surface area contributed by atoms with Gasteiger partial charge in [-0.15, -0.1) is 0 Å². The van der Waals surface area contributed by atoms with Crippen LogP contribution in [0, 0.1) is 12.7 Å². The first-order valence-electron chi connectivity index (χ1n) is 10.0. The zero-order valence-corrected chi connectivity index (χ0v) is 18.5. The highest BCUT2D eigenvalue weighted by molar-refractivity contribution is 7.91. The minimum atomic E-state index is -5.14. The summed E-state index contributed by atoms with van der Waals surface area (Å²) in [6, 6.07) is 3.59. The van der Waals surface area contributed by atoms with Gasteiger partial charge in [-0.05, 0) is 32.8 Å². The molecule has 7 nitrogen and oxygen atoms in total. The summed E-state index contributed by atoms with van der Waals surface area (Å²) in [5.74, 6) is -4.55. The predicted octanol–water partition coefficient (Wildman–Crippen LogP) is 3.87. The Hall–Kier alpha value is -3.02. The highest BCUT2D eigenvalue weighted by Crippen LogP contribution is 2.43. The number of aromatic nitrogens is 3. The first-order valence-corrected chi connectivity index (χ1v) is 11.6. The number of anilines is 1. The maximum atomic E-state index is 14.9. The van der Waals surface area contributed by atoms with E-state index in [1.807, 2.05) is 0 Å². The number of aryl methyl sites for hydroxylation is 1. The van der Waals surface area contributed by atoms with E-state index >= 15 is 0 Å². The van der Waals surface area contributed by atoms with Crippen LogP contribution in [0.15, 0.2) is 40.2 Å². The van der Waals surface area contributed by atoms with E-state index in [1.165, 1.54) is 35.9 Å². The summed E-state index contributed by atoms with van der Waals surface area (Å²) in [7, 11) is -5.14. The molecule has 0 saturated heterocycles. The topological polar surface area (TPSA) is 94.0 Å². The van der Waals surface area contributed by atoms with Crippen molar-refractivity contribution in [1.82, 2.24) is 14.5 Å². The first-order chi connectivity index (χ1) is 15.5. The molecule has 0 spiro atoms. The SMILES string of the molecule is Cc1nc(N[C@H](C)c2cccc(S(=O)(=O)C(F)F)c2F)c2cn(C3(CF)CC3)c(=O)cc2n1. The molecule has 33 heavy (non-hydrogen) atoms. The number of nitrogens with one attached hydrogen (secondary N) is 1. The van der Waals surface area contributed by atoms with Crippen molar-refractivity contribution in [2.75, 3.05) is 12.0 Å². The van der Waals surface area contributed by atoms with Crippen LogP contribution in [0.2, 0.25) is 0 Å². The summed E-state index contributed by atoms with van der Waals surface area (Å²) in [5.41, 5.74) is -1.19. The van der Waals surface area contributed by atoms with Crippen LogP contribution in [0.3, 0.4) is 0 Å². The lowest BCUT2D eigenvalue weighted by Gasteiger charge is -2.20. The van der Waals surface area contributed by atoms with Gasteiger partial charge in [0.2, 0.25) is 9.84 Å².